The summed E-state index contributed by atoms with van der Waals surface area (Å²) in [6.45, 7) is 9.46. The standard InChI is InChI=1S/C13H16ClN3O.C2H6/c1-3-8-16(4-2)13(18)10-9-17-11(14)6-5-7-12(17)15-10;1-2/h5-7,9H,3-4,8H2,1-2H3;1-2H3. The Balaban J connectivity index is 0.000000956. The molecule has 0 saturated heterocycles. The first-order chi connectivity index (χ1) is 9.67. The normalized spacial score (nSPS) is 10.1. The number of halogens is 1. The van der Waals surface area contributed by atoms with E-state index in [4.69, 9.17) is 11.6 Å². The van der Waals surface area contributed by atoms with Gasteiger partial charge in [-0.3, -0.25) is 9.20 Å². The molecule has 20 heavy (non-hydrogen) atoms. The maximum Gasteiger partial charge on any atom is 0.274 e. The minimum Gasteiger partial charge on any atom is -0.338 e. The number of carbonyl (C=O) groups is 1. The third kappa shape index (κ3) is 3.51. The van der Waals surface area contributed by atoms with Gasteiger partial charge in [-0.2, -0.15) is 0 Å². The van der Waals surface area contributed by atoms with Gasteiger partial charge in [0.05, 0.1) is 0 Å². The zero-order valence-electron chi connectivity index (χ0n) is 12.6. The molecular formula is C15H22ClN3O. The lowest BCUT2D eigenvalue weighted by molar-refractivity contribution is 0.0759. The van der Waals surface area contributed by atoms with Crippen LogP contribution in [0.15, 0.2) is 24.4 Å². The van der Waals surface area contributed by atoms with E-state index in [0.717, 1.165) is 13.0 Å². The second kappa shape index (κ2) is 7.90. The first kappa shape index (κ1) is 16.5. The molecule has 0 aromatic carbocycles. The van der Waals surface area contributed by atoms with Gasteiger partial charge in [0.15, 0.2) is 0 Å². The maximum absolute atomic E-state index is 12.3. The van der Waals surface area contributed by atoms with E-state index >= 15 is 0 Å². The summed E-state index contributed by atoms with van der Waals surface area (Å²) >= 11 is 6.05. The van der Waals surface area contributed by atoms with Crippen molar-refractivity contribution in [2.75, 3.05) is 13.1 Å². The predicted molar refractivity (Wildman–Crippen MR) is 83.4 cm³/mol. The minimum atomic E-state index is -0.0425. The van der Waals surface area contributed by atoms with Crippen molar-refractivity contribution in [2.45, 2.75) is 34.1 Å². The third-order valence-electron chi connectivity index (χ3n) is 2.82. The van der Waals surface area contributed by atoms with Crippen LogP contribution < -0.4 is 0 Å². The Bertz CT molecular complexity index is 565. The smallest absolute Gasteiger partial charge is 0.274 e. The molecule has 0 bridgehead atoms. The van der Waals surface area contributed by atoms with Crippen molar-refractivity contribution in [3.63, 3.8) is 0 Å². The number of amides is 1. The number of rotatable bonds is 4. The van der Waals surface area contributed by atoms with Crippen LogP contribution >= 0.6 is 11.6 Å². The van der Waals surface area contributed by atoms with E-state index in [0.29, 0.717) is 23.0 Å². The van der Waals surface area contributed by atoms with E-state index in [-0.39, 0.29) is 5.91 Å². The SMILES string of the molecule is CC.CCCN(CC)C(=O)c1cn2c(Cl)cccc2n1. The molecule has 5 heteroatoms. The third-order valence-corrected chi connectivity index (χ3v) is 3.13. The van der Waals surface area contributed by atoms with Crippen molar-refractivity contribution < 1.29 is 4.79 Å². The minimum absolute atomic E-state index is 0.0425. The summed E-state index contributed by atoms with van der Waals surface area (Å²) in [6, 6.07) is 5.43. The molecule has 0 spiro atoms. The van der Waals surface area contributed by atoms with Gasteiger partial charge in [0, 0.05) is 19.3 Å². The number of fused-ring (bicyclic) bond motifs is 1. The van der Waals surface area contributed by atoms with Crippen molar-refractivity contribution in [3.05, 3.63) is 35.2 Å². The summed E-state index contributed by atoms with van der Waals surface area (Å²) in [6.07, 6.45) is 2.63. The van der Waals surface area contributed by atoms with E-state index in [1.54, 1.807) is 21.6 Å². The number of imidazole rings is 1. The van der Waals surface area contributed by atoms with Crippen LogP contribution in [0.5, 0.6) is 0 Å². The van der Waals surface area contributed by atoms with Gasteiger partial charge in [-0.15, -0.1) is 0 Å². The lowest BCUT2D eigenvalue weighted by Crippen LogP contribution is -2.31. The molecule has 0 aliphatic rings. The molecule has 1 amide bonds. The lowest BCUT2D eigenvalue weighted by atomic mass is 10.3. The van der Waals surface area contributed by atoms with Gasteiger partial charge in [0.2, 0.25) is 0 Å². The molecule has 0 radical (unpaired) electrons. The molecule has 2 aromatic heterocycles. The van der Waals surface area contributed by atoms with Crippen molar-refractivity contribution in [1.82, 2.24) is 14.3 Å². The summed E-state index contributed by atoms with van der Waals surface area (Å²) in [5, 5.41) is 0.553. The van der Waals surface area contributed by atoms with Gasteiger partial charge in [-0.05, 0) is 25.5 Å². The van der Waals surface area contributed by atoms with E-state index in [2.05, 4.69) is 11.9 Å². The van der Waals surface area contributed by atoms with Crippen LogP contribution in [-0.4, -0.2) is 33.3 Å². The van der Waals surface area contributed by atoms with E-state index in [1.165, 1.54) is 0 Å². The number of hydrogen-bond donors (Lipinski definition) is 0. The highest BCUT2D eigenvalue weighted by Crippen LogP contribution is 2.14. The van der Waals surface area contributed by atoms with Crippen molar-refractivity contribution in [3.8, 4) is 0 Å². The Morgan fingerprint density at radius 2 is 2.05 bits per heavy atom. The molecule has 0 aliphatic heterocycles. The zero-order chi connectivity index (χ0) is 15.1. The number of hydrogen-bond acceptors (Lipinski definition) is 2. The number of pyridine rings is 1. The molecule has 0 fully saturated rings. The quantitative estimate of drug-likeness (QED) is 0.803. The van der Waals surface area contributed by atoms with Gasteiger partial charge >= 0.3 is 0 Å². The van der Waals surface area contributed by atoms with Crippen LogP contribution in [0.4, 0.5) is 0 Å². The Morgan fingerprint density at radius 1 is 1.35 bits per heavy atom. The van der Waals surface area contributed by atoms with Crippen LogP contribution in [-0.2, 0) is 0 Å². The second-order valence-corrected chi connectivity index (χ2v) is 4.47. The molecule has 2 rings (SSSR count). The average molecular weight is 296 g/mol. The van der Waals surface area contributed by atoms with Crippen LogP contribution in [0, 0.1) is 0 Å². The van der Waals surface area contributed by atoms with Crippen molar-refractivity contribution >= 4 is 23.2 Å². The van der Waals surface area contributed by atoms with Crippen LogP contribution in [0.2, 0.25) is 5.15 Å². The molecule has 0 N–H and O–H groups in total. The fourth-order valence-electron chi connectivity index (χ4n) is 1.92. The van der Waals surface area contributed by atoms with E-state index in [1.807, 2.05) is 32.9 Å². The van der Waals surface area contributed by atoms with Crippen LogP contribution in [0.25, 0.3) is 5.65 Å². The molecular weight excluding hydrogens is 274 g/mol. The average Bonchev–Trinajstić information content (AvgIpc) is 2.92. The van der Waals surface area contributed by atoms with Gasteiger partial charge < -0.3 is 4.90 Å². The summed E-state index contributed by atoms with van der Waals surface area (Å²) in [5.41, 5.74) is 1.14. The molecule has 0 unspecified atom stereocenters. The van der Waals surface area contributed by atoms with Gasteiger partial charge in [0.1, 0.15) is 16.5 Å². The fraction of sp³-hybridized carbons (Fsp3) is 0.467. The van der Waals surface area contributed by atoms with E-state index < -0.39 is 0 Å². The Labute approximate surface area is 125 Å². The highest BCUT2D eigenvalue weighted by molar-refractivity contribution is 6.29. The zero-order valence-corrected chi connectivity index (χ0v) is 13.3. The molecule has 4 nitrogen and oxygen atoms in total. The molecule has 0 saturated carbocycles. The second-order valence-electron chi connectivity index (χ2n) is 4.09. The maximum atomic E-state index is 12.3. The summed E-state index contributed by atoms with van der Waals surface area (Å²) < 4.78 is 1.72. The Kier molecular flexibility index (Phi) is 6.52. The summed E-state index contributed by atoms with van der Waals surface area (Å²) in [4.78, 5) is 18.4. The topological polar surface area (TPSA) is 37.6 Å². The van der Waals surface area contributed by atoms with Crippen molar-refractivity contribution in [1.29, 1.82) is 0 Å². The number of carbonyl (C=O) groups excluding carboxylic acids is 1. The summed E-state index contributed by atoms with van der Waals surface area (Å²) in [5.74, 6) is -0.0425. The number of aromatic nitrogens is 2. The molecule has 110 valence electrons. The monoisotopic (exact) mass is 295 g/mol. The highest BCUT2D eigenvalue weighted by Gasteiger charge is 2.17. The Morgan fingerprint density at radius 3 is 2.60 bits per heavy atom. The molecule has 2 heterocycles. The lowest BCUT2D eigenvalue weighted by Gasteiger charge is -2.18. The van der Waals surface area contributed by atoms with Crippen molar-refractivity contribution in [2.24, 2.45) is 0 Å². The molecule has 0 atom stereocenters. The van der Waals surface area contributed by atoms with Crippen LogP contribution in [0.3, 0.4) is 0 Å². The highest BCUT2D eigenvalue weighted by atomic mass is 35.5. The fourth-order valence-corrected chi connectivity index (χ4v) is 2.12. The molecule has 2 aromatic rings. The van der Waals surface area contributed by atoms with Gasteiger partial charge in [-0.25, -0.2) is 4.98 Å². The van der Waals surface area contributed by atoms with Gasteiger partial charge in [0.25, 0.3) is 5.91 Å². The van der Waals surface area contributed by atoms with Crippen LogP contribution in [0.1, 0.15) is 44.6 Å². The Hall–Kier alpha value is -1.55. The van der Waals surface area contributed by atoms with Gasteiger partial charge in [-0.1, -0.05) is 38.4 Å². The summed E-state index contributed by atoms with van der Waals surface area (Å²) in [7, 11) is 0. The van der Waals surface area contributed by atoms with E-state index in [9.17, 15) is 4.79 Å². The number of nitrogens with zero attached hydrogens (tertiary/aromatic N) is 3. The largest absolute Gasteiger partial charge is 0.338 e. The first-order valence-corrected chi connectivity index (χ1v) is 7.48. The molecule has 0 aliphatic carbocycles. The predicted octanol–water partition coefficient (Wildman–Crippen LogP) is 3.89. The first-order valence-electron chi connectivity index (χ1n) is 7.10.